The molecule has 2 aliphatic heterocycles. The molecule has 4 unspecified atom stereocenters. The lowest BCUT2D eigenvalue weighted by atomic mass is 9.92. The molecule has 1 fully saturated rings. The van der Waals surface area contributed by atoms with Crippen molar-refractivity contribution in [3.63, 3.8) is 0 Å². The van der Waals surface area contributed by atoms with E-state index in [1.807, 2.05) is 37.3 Å². The molecular formula is C32H38ClN3O7. The number of aryl methyl sites for hydroxylation is 1. The highest BCUT2D eigenvalue weighted by Crippen LogP contribution is 2.31. The fourth-order valence-electron chi connectivity index (χ4n) is 5.36. The number of amides is 2. The molecule has 4 atom stereocenters. The molecule has 2 aliphatic rings. The zero-order valence-electron chi connectivity index (χ0n) is 24.7. The number of hydrogen-bond donors (Lipinski definition) is 1. The summed E-state index contributed by atoms with van der Waals surface area (Å²) in [7, 11) is 1.31. The van der Waals surface area contributed by atoms with Crippen molar-refractivity contribution in [2.24, 2.45) is 4.99 Å². The SMILES string of the molecule is C=CCOC(=O)NC(C(=O)N1CCCC1C1=NC(Cc2cccc(Cl)c2)(C(=O)OC)CO1)C(C)OCc1cccc(C)c1. The highest BCUT2D eigenvalue weighted by Gasteiger charge is 2.49. The van der Waals surface area contributed by atoms with Crippen LogP contribution in [0.4, 0.5) is 4.79 Å². The molecule has 11 heteroatoms. The zero-order valence-corrected chi connectivity index (χ0v) is 25.5. The number of alkyl carbamates (subject to hydrolysis) is 1. The summed E-state index contributed by atoms with van der Waals surface area (Å²) in [5, 5.41) is 3.22. The van der Waals surface area contributed by atoms with Crippen LogP contribution in [0, 0.1) is 6.92 Å². The van der Waals surface area contributed by atoms with Crippen LogP contribution in [-0.2, 0) is 41.6 Å². The van der Waals surface area contributed by atoms with Crippen LogP contribution in [0.2, 0.25) is 5.02 Å². The van der Waals surface area contributed by atoms with Crippen molar-refractivity contribution < 1.29 is 33.3 Å². The van der Waals surface area contributed by atoms with Gasteiger partial charge in [0, 0.05) is 18.0 Å². The van der Waals surface area contributed by atoms with Crippen LogP contribution in [-0.4, -0.2) is 79.4 Å². The first-order valence-corrected chi connectivity index (χ1v) is 14.6. The Bertz CT molecular complexity index is 1370. The van der Waals surface area contributed by atoms with Gasteiger partial charge < -0.3 is 29.2 Å². The zero-order chi connectivity index (χ0) is 31.0. The van der Waals surface area contributed by atoms with Gasteiger partial charge in [0.25, 0.3) is 0 Å². The molecule has 2 aromatic carbocycles. The standard InChI is InChI=1S/C32H38ClN3O7/c1-5-15-41-31(39)34-27(22(3)42-19-24-11-6-9-21(2)16-24)29(37)36-14-8-13-26(36)28-35-32(20-43-28,30(38)40-4)18-23-10-7-12-25(33)17-23/h5-7,9-12,16-17,22,26-27H,1,8,13-15,18-20H2,2-4H3,(H,34,39). The van der Waals surface area contributed by atoms with E-state index in [0.717, 1.165) is 16.7 Å². The van der Waals surface area contributed by atoms with E-state index in [9.17, 15) is 14.4 Å². The quantitative estimate of drug-likeness (QED) is 0.279. The topological polar surface area (TPSA) is 116 Å². The minimum absolute atomic E-state index is 0.00943. The predicted octanol–water partition coefficient (Wildman–Crippen LogP) is 4.41. The Balaban J connectivity index is 1.56. The summed E-state index contributed by atoms with van der Waals surface area (Å²) in [6.07, 6.45) is 1.45. The first-order valence-electron chi connectivity index (χ1n) is 14.2. The van der Waals surface area contributed by atoms with Crippen molar-refractivity contribution in [3.05, 3.63) is 82.9 Å². The van der Waals surface area contributed by atoms with E-state index < -0.39 is 35.8 Å². The van der Waals surface area contributed by atoms with Gasteiger partial charge in [-0.1, -0.05) is 66.2 Å². The third-order valence-electron chi connectivity index (χ3n) is 7.49. The third kappa shape index (κ3) is 7.94. The minimum atomic E-state index is -1.32. The molecule has 0 spiro atoms. The number of rotatable bonds is 12. The van der Waals surface area contributed by atoms with Gasteiger partial charge in [-0.2, -0.15) is 0 Å². The van der Waals surface area contributed by atoms with Crippen LogP contribution in [0.1, 0.15) is 36.5 Å². The van der Waals surface area contributed by atoms with E-state index in [1.54, 1.807) is 30.0 Å². The number of carbonyl (C=O) groups is 3. The molecule has 4 rings (SSSR count). The lowest BCUT2D eigenvalue weighted by Crippen LogP contribution is -2.56. The van der Waals surface area contributed by atoms with E-state index >= 15 is 0 Å². The lowest BCUT2D eigenvalue weighted by Gasteiger charge is -2.31. The number of likely N-dealkylation sites (tertiary alicyclic amines) is 1. The van der Waals surface area contributed by atoms with Crippen molar-refractivity contribution in [1.29, 1.82) is 0 Å². The Morgan fingerprint density at radius 1 is 1.23 bits per heavy atom. The van der Waals surface area contributed by atoms with E-state index in [2.05, 4.69) is 11.9 Å². The van der Waals surface area contributed by atoms with Gasteiger partial charge in [0.2, 0.25) is 11.8 Å². The maximum Gasteiger partial charge on any atom is 0.408 e. The molecule has 2 heterocycles. The average molecular weight is 612 g/mol. The number of methoxy groups -OCH3 is 1. The lowest BCUT2D eigenvalue weighted by molar-refractivity contribution is -0.147. The van der Waals surface area contributed by atoms with Gasteiger partial charge in [-0.25, -0.2) is 14.6 Å². The maximum absolute atomic E-state index is 14.0. The normalized spacial score (nSPS) is 20.9. The van der Waals surface area contributed by atoms with Crippen molar-refractivity contribution in [2.45, 2.75) is 63.4 Å². The Kier molecular flexibility index (Phi) is 10.8. The van der Waals surface area contributed by atoms with Crippen LogP contribution in [0.15, 0.2) is 66.2 Å². The van der Waals surface area contributed by atoms with Crippen LogP contribution in [0.3, 0.4) is 0 Å². The first kappa shape index (κ1) is 32.0. The number of aliphatic imine (C=N–C) groups is 1. The Hall–Kier alpha value is -3.89. The minimum Gasteiger partial charge on any atom is -0.476 e. The number of carbonyl (C=O) groups excluding carboxylic acids is 3. The summed E-state index contributed by atoms with van der Waals surface area (Å²) in [6, 6.07) is 13.4. The van der Waals surface area contributed by atoms with Crippen LogP contribution >= 0.6 is 11.6 Å². The predicted molar refractivity (Wildman–Crippen MR) is 162 cm³/mol. The molecule has 2 amide bonds. The second-order valence-corrected chi connectivity index (χ2v) is 11.2. The van der Waals surface area contributed by atoms with Gasteiger partial charge in [-0.3, -0.25) is 4.79 Å². The van der Waals surface area contributed by atoms with Crippen molar-refractivity contribution in [2.75, 3.05) is 26.9 Å². The van der Waals surface area contributed by atoms with Gasteiger partial charge in [0.1, 0.15) is 25.3 Å². The second kappa shape index (κ2) is 14.5. The van der Waals surface area contributed by atoms with Gasteiger partial charge >= 0.3 is 12.1 Å². The molecule has 230 valence electrons. The smallest absolute Gasteiger partial charge is 0.408 e. The number of benzene rings is 2. The number of hydrogen-bond acceptors (Lipinski definition) is 8. The third-order valence-corrected chi connectivity index (χ3v) is 7.73. The van der Waals surface area contributed by atoms with Crippen molar-refractivity contribution in [1.82, 2.24) is 10.2 Å². The highest BCUT2D eigenvalue weighted by molar-refractivity contribution is 6.30. The summed E-state index contributed by atoms with van der Waals surface area (Å²) in [6.45, 7) is 7.89. The molecule has 2 aromatic rings. The van der Waals surface area contributed by atoms with Gasteiger partial charge in [0.05, 0.1) is 19.8 Å². The average Bonchev–Trinajstić information content (AvgIpc) is 3.65. The Labute approximate surface area is 257 Å². The number of halogens is 1. The van der Waals surface area contributed by atoms with Crippen molar-refractivity contribution in [3.8, 4) is 0 Å². The molecule has 1 N–H and O–H groups in total. The number of esters is 1. The van der Waals surface area contributed by atoms with E-state index in [0.29, 0.717) is 24.4 Å². The molecule has 0 aromatic heterocycles. The molecule has 0 aliphatic carbocycles. The molecule has 10 nitrogen and oxygen atoms in total. The summed E-state index contributed by atoms with van der Waals surface area (Å²) in [5.41, 5.74) is 1.51. The fourth-order valence-corrected chi connectivity index (χ4v) is 5.57. The Morgan fingerprint density at radius 2 is 2.00 bits per heavy atom. The molecule has 1 saturated heterocycles. The fraction of sp³-hybridized carbons (Fsp3) is 0.438. The summed E-state index contributed by atoms with van der Waals surface area (Å²) in [5.74, 6) is -0.632. The first-order chi connectivity index (χ1) is 20.7. The van der Waals surface area contributed by atoms with E-state index in [4.69, 9.17) is 35.5 Å². The van der Waals surface area contributed by atoms with E-state index in [-0.39, 0.29) is 38.0 Å². The van der Waals surface area contributed by atoms with Crippen molar-refractivity contribution >= 4 is 35.5 Å². The largest absolute Gasteiger partial charge is 0.476 e. The number of nitrogens with zero attached hydrogens (tertiary/aromatic N) is 2. The van der Waals surface area contributed by atoms with Gasteiger partial charge in [-0.05, 0) is 49.9 Å². The number of nitrogens with one attached hydrogen (secondary N) is 1. The van der Waals surface area contributed by atoms with E-state index in [1.165, 1.54) is 13.2 Å². The van der Waals surface area contributed by atoms with Crippen LogP contribution in [0.25, 0.3) is 0 Å². The molecule has 43 heavy (non-hydrogen) atoms. The number of ether oxygens (including phenoxy) is 4. The van der Waals surface area contributed by atoms with Crippen LogP contribution in [0.5, 0.6) is 0 Å². The van der Waals surface area contributed by atoms with Gasteiger partial charge in [-0.15, -0.1) is 0 Å². The summed E-state index contributed by atoms with van der Waals surface area (Å²) in [4.78, 5) is 46.0. The summed E-state index contributed by atoms with van der Waals surface area (Å²) >= 11 is 6.18. The molecular weight excluding hydrogens is 574 g/mol. The monoisotopic (exact) mass is 611 g/mol. The summed E-state index contributed by atoms with van der Waals surface area (Å²) < 4.78 is 22.3. The van der Waals surface area contributed by atoms with Gasteiger partial charge in [0.15, 0.2) is 5.54 Å². The highest BCUT2D eigenvalue weighted by atomic mass is 35.5. The van der Waals surface area contributed by atoms with Crippen LogP contribution < -0.4 is 5.32 Å². The molecule has 0 radical (unpaired) electrons. The molecule has 0 saturated carbocycles. The molecule has 0 bridgehead atoms. The second-order valence-electron chi connectivity index (χ2n) is 10.8. The maximum atomic E-state index is 14.0. The Morgan fingerprint density at radius 3 is 2.72 bits per heavy atom.